The minimum absolute atomic E-state index is 0. The first-order valence-electron chi connectivity index (χ1n) is 8.08. The zero-order chi connectivity index (χ0) is 21.6. The van der Waals surface area contributed by atoms with Gasteiger partial charge in [-0.1, -0.05) is 17.9 Å². The zero-order valence-corrected chi connectivity index (χ0v) is 22.8. The summed E-state index contributed by atoms with van der Waals surface area (Å²) in [5, 5.41) is 19.9. The predicted octanol–water partition coefficient (Wildman–Crippen LogP) is -2.90. The van der Waals surface area contributed by atoms with Crippen molar-refractivity contribution in [3.05, 3.63) is 53.6 Å². The minimum Gasteiger partial charge on any atom is -0.870 e. The van der Waals surface area contributed by atoms with Gasteiger partial charge in [0.25, 0.3) is 10.1 Å². The molecular formula is C18H14N2Na2O7S2. The Labute approximate surface area is 223 Å². The van der Waals surface area contributed by atoms with E-state index in [9.17, 15) is 31.0 Å². The molecule has 0 saturated carbocycles. The molecule has 152 valence electrons. The monoisotopic (exact) mass is 480 g/mol. The van der Waals surface area contributed by atoms with Crippen LogP contribution in [0.5, 0.6) is 5.75 Å². The topological polar surface area (TPSA) is 159 Å². The molecule has 0 heterocycles. The maximum absolute atomic E-state index is 12.6. The second kappa shape index (κ2) is 10.4. The summed E-state index contributed by atoms with van der Waals surface area (Å²) in [6.45, 7) is 3.75. The second-order valence-electron chi connectivity index (χ2n) is 6.33. The van der Waals surface area contributed by atoms with E-state index < -0.39 is 41.5 Å². The van der Waals surface area contributed by atoms with Crippen molar-refractivity contribution in [1.82, 2.24) is 0 Å². The fourth-order valence-corrected chi connectivity index (χ4v) is 4.01. The van der Waals surface area contributed by atoms with Crippen molar-refractivity contribution in [1.29, 1.82) is 0 Å². The van der Waals surface area contributed by atoms with Gasteiger partial charge >= 0.3 is 59.1 Å². The van der Waals surface area contributed by atoms with Crippen molar-refractivity contribution in [2.45, 2.75) is 23.6 Å². The van der Waals surface area contributed by atoms with Crippen molar-refractivity contribution in [3.8, 4) is 5.75 Å². The largest absolute Gasteiger partial charge is 1.00 e. The SMILES string of the molecule is Cc1ccc(N=Nc2cc3cc(S(=O)(=O)[O-])ccc3c(S(=O)(=O)O)c2[O-])cc1C.[Na+].[Na+]. The van der Waals surface area contributed by atoms with Crippen LogP contribution in [0.1, 0.15) is 11.1 Å². The van der Waals surface area contributed by atoms with Crippen LogP contribution in [0.3, 0.4) is 0 Å². The Bertz CT molecular complexity index is 1390. The average molecular weight is 480 g/mol. The summed E-state index contributed by atoms with van der Waals surface area (Å²) < 4.78 is 66.8. The number of rotatable bonds is 4. The van der Waals surface area contributed by atoms with Crippen LogP contribution in [0.4, 0.5) is 11.4 Å². The van der Waals surface area contributed by atoms with Gasteiger partial charge in [0.15, 0.2) is 0 Å². The molecule has 0 bridgehead atoms. The summed E-state index contributed by atoms with van der Waals surface area (Å²) in [6, 6.07) is 8.97. The van der Waals surface area contributed by atoms with Gasteiger partial charge in [0.2, 0.25) is 0 Å². The van der Waals surface area contributed by atoms with E-state index in [4.69, 9.17) is 0 Å². The van der Waals surface area contributed by atoms with Crippen LogP contribution in [0.15, 0.2) is 62.5 Å². The van der Waals surface area contributed by atoms with Gasteiger partial charge in [0, 0.05) is 5.39 Å². The van der Waals surface area contributed by atoms with Gasteiger partial charge in [-0.2, -0.15) is 18.6 Å². The molecule has 0 atom stereocenters. The molecule has 0 aliphatic rings. The molecule has 0 aromatic heterocycles. The fraction of sp³-hybridized carbons (Fsp3) is 0.111. The van der Waals surface area contributed by atoms with Crippen LogP contribution in [0.25, 0.3) is 10.8 Å². The molecular weight excluding hydrogens is 466 g/mol. The smallest absolute Gasteiger partial charge is 0.870 e. The normalized spacial score (nSPS) is 11.9. The molecule has 0 saturated heterocycles. The summed E-state index contributed by atoms with van der Waals surface area (Å²) in [5.41, 5.74) is 1.89. The molecule has 3 aromatic rings. The van der Waals surface area contributed by atoms with Gasteiger partial charge in [0.05, 0.1) is 21.2 Å². The van der Waals surface area contributed by atoms with Crippen LogP contribution < -0.4 is 64.2 Å². The number of hydrogen-bond donors (Lipinski definition) is 1. The van der Waals surface area contributed by atoms with E-state index in [-0.39, 0.29) is 69.9 Å². The van der Waals surface area contributed by atoms with E-state index in [2.05, 4.69) is 10.2 Å². The van der Waals surface area contributed by atoms with Gasteiger partial charge in [0.1, 0.15) is 10.1 Å². The fourth-order valence-electron chi connectivity index (χ4n) is 2.70. The van der Waals surface area contributed by atoms with E-state index in [1.807, 2.05) is 13.8 Å². The summed E-state index contributed by atoms with van der Waals surface area (Å²) >= 11 is 0. The molecule has 0 aliphatic carbocycles. The molecule has 9 nitrogen and oxygen atoms in total. The minimum atomic E-state index is -4.97. The summed E-state index contributed by atoms with van der Waals surface area (Å²) in [5.74, 6) is -1.11. The number of azo groups is 1. The third-order valence-electron chi connectivity index (χ3n) is 4.31. The number of nitrogens with zero attached hydrogens (tertiary/aromatic N) is 2. The average Bonchev–Trinajstić information content (AvgIpc) is 2.60. The first-order valence-corrected chi connectivity index (χ1v) is 10.9. The molecule has 0 aliphatic heterocycles. The van der Waals surface area contributed by atoms with E-state index in [0.717, 1.165) is 35.4 Å². The molecule has 3 aromatic carbocycles. The van der Waals surface area contributed by atoms with Crippen LogP contribution in [0, 0.1) is 13.8 Å². The molecule has 31 heavy (non-hydrogen) atoms. The molecule has 0 spiro atoms. The quantitative estimate of drug-likeness (QED) is 0.238. The third-order valence-corrected chi connectivity index (χ3v) is 6.06. The van der Waals surface area contributed by atoms with Crippen LogP contribution in [-0.4, -0.2) is 25.9 Å². The Morgan fingerprint density at radius 3 is 2.06 bits per heavy atom. The van der Waals surface area contributed by atoms with Gasteiger partial charge in [-0.05, 0) is 60.7 Å². The van der Waals surface area contributed by atoms with E-state index in [1.165, 1.54) is 0 Å². The van der Waals surface area contributed by atoms with Gasteiger partial charge in [-0.15, -0.1) is 0 Å². The van der Waals surface area contributed by atoms with E-state index in [0.29, 0.717) is 5.69 Å². The number of hydrogen-bond acceptors (Lipinski definition) is 8. The Balaban J connectivity index is 0.00000240. The second-order valence-corrected chi connectivity index (χ2v) is 9.07. The third kappa shape index (κ3) is 6.35. The Kier molecular flexibility index (Phi) is 9.44. The van der Waals surface area contributed by atoms with E-state index in [1.54, 1.807) is 18.2 Å². The first kappa shape index (κ1) is 28.2. The van der Waals surface area contributed by atoms with Crippen LogP contribution in [-0.2, 0) is 20.2 Å². The van der Waals surface area contributed by atoms with Crippen molar-refractivity contribution >= 4 is 42.4 Å². The molecule has 3 rings (SSSR count). The Hall–Kier alpha value is -0.860. The maximum Gasteiger partial charge on any atom is 1.00 e. The van der Waals surface area contributed by atoms with Crippen LogP contribution >= 0.6 is 0 Å². The first-order chi connectivity index (χ1) is 13.4. The molecule has 0 unspecified atom stereocenters. The molecule has 13 heteroatoms. The van der Waals surface area contributed by atoms with Gasteiger partial charge < -0.3 is 9.66 Å². The Morgan fingerprint density at radius 2 is 1.52 bits per heavy atom. The summed E-state index contributed by atoms with van der Waals surface area (Å²) in [7, 11) is -9.79. The van der Waals surface area contributed by atoms with Gasteiger partial charge in [-0.25, -0.2) is 8.42 Å². The predicted molar refractivity (Wildman–Crippen MR) is 101 cm³/mol. The molecule has 0 fully saturated rings. The van der Waals surface area contributed by atoms with Crippen molar-refractivity contribution < 1.29 is 90.2 Å². The van der Waals surface area contributed by atoms with E-state index >= 15 is 0 Å². The van der Waals surface area contributed by atoms with Crippen molar-refractivity contribution in [3.63, 3.8) is 0 Å². The molecule has 1 N–H and O–H groups in total. The summed E-state index contributed by atoms with van der Waals surface area (Å²) in [6.07, 6.45) is 0. The molecule has 0 amide bonds. The number of aryl methyl sites for hydroxylation is 2. The van der Waals surface area contributed by atoms with Crippen LogP contribution in [0.2, 0.25) is 0 Å². The molecule has 0 radical (unpaired) electrons. The Morgan fingerprint density at radius 1 is 0.871 bits per heavy atom. The standard InChI is InChI=1S/C18H16N2O7S2.2Na/c1-10-3-4-13(7-11(10)2)19-20-16-9-12-8-14(28(22,23)24)5-6-15(12)18(17(16)21)29(25,26)27;;/h3-9,21H,1-2H3,(H,22,23,24)(H,25,26,27);;/q;2*+1/p-2. The van der Waals surface area contributed by atoms with Crippen molar-refractivity contribution in [2.75, 3.05) is 0 Å². The van der Waals surface area contributed by atoms with Gasteiger partial charge in [-0.3, -0.25) is 4.55 Å². The summed E-state index contributed by atoms with van der Waals surface area (Å²) in [4.78, 5) is -1.60. The van der Waals surface area contributed by atoms with Crippen molar-refractivity contribution in [2.24, 2.45) is 10.2 Å². The zero-order valence-electron chi connectivity index (χ0n) is 17.1. The number of benzene rings is 3. The number of fused-ring (bicyclic) bond motifs is 1. The maximum atomic E-state index is 12.6.